The molecule has 0 fully saturated rings. The molecule has 0 saturated carbocycles. The van der Waals surface area contributed by atoms with Gasteiger partial charge in [-0.1, -0.05) is 57.0 Å². The summed E-state index contributed by atoms with van der Waals surface area (Å²) in [6.07, 6.45) is 4.11. The first-order chi connectivity index (χ1) is 9.67. The normalized spacial score (nSPS) is 18.8. The fourth-order valence-electron chi connectivity index (χ4n) is 2.88. The Hall–Kier alpha value is -1.35. The van der Waals surface area contributed by atoms with Gasteiger partial charge in [-0.3, -0.25) is 0 Å². The van der Waals surface area contributed by atoms with Crippen molar-refractivity contribution in [3.63, 3.8) is 0 Å². The van der Waals surface area contributed by atoms with Crippen molar-refractivity contribution in [2.75, 3.05) is 6.61 Å². The second kappa shape index (κ2) is 6.89. The van der Waals surface area contributed by atoms with Gasteiger partial charge in [-0.2, -0.15) is 0 Å². The van der Waals surface area contributed by atoms with Gasteiger partial charge in [0.25, 0.3) is 0 Å². The monoisotopic (exact) mass is 275 g/mol. The first-order valence-electron chi connectivity index (χ1n) is 7.63. The van der Waals surface area contributed by atoms with Gasteiger partial charge in [0.15, 0.2) is 5.90 Å². The maximum atomic E-state index is 10.7. The average molecular weight is 275 g/mol. The number of aliphatic imine (C=N–C) groups is 1. The highest BCUT2D eigenvalue weighted by atomic mass is 16.5. The molecule has 0 aliphatic carbocycles. The minimum atomic E-state index is -0.659. The topological polar surface area (TPSA) is 41.8 Å². The third-order valence-electron chi connectivity index (χ3n) is 3.80. The molecule has 0 bridgehead atoms. The summed E-state index contributed by atoms with van der Waals surface area (Å²) >= 11 is 0. The molecule has 3 nitrogen and oxygen atoms in total. The van der Waals surface area contributed by atoms with Gasteiger partial charge in [0, 0.05) is 0 Å². The molecule has 0 radical (unpaired) electrons. The molecule has 0 spiro atoms. The van der Waals surface area contributed by atoms with Crippen LogP contribution in [0.3, 0.4) is 0 Å². The van der Waals surface area contributed by atoms with Crippen LogP contribution in [0.15, 0.2) is 35.3 Å². The summed E-state index contributed by atoms with van der Waals surface area (Å²) < 4.78 is 5.70. The van der Waals surface area contributed by atoms with Crippen LogP contribution in [0.5, 0.6) is 0 Å². The van der Waals surface area contributed by atoms with E-state index in [1.54, 1.807) is 0 Å². The molecule has 0 unspecified atom stereocenters. The van der Waals surface area contributed by atoms with E-state index < -0.39 is 5.60 Å². The van der Waals surface area contributed by atoms with E-state index in [0.29, 0.717) is 18.9 Å². The smallest absolute Gasteiger partial charge is 0.186 e. The van der Waals surface area contributed by atoms with Crippen molar-refractivity contribution in [1.29, 1.82) is 0 Å². The third kappa shape index (κ3) is 3.83. The first-order valence-corrected chi connectivity index (χ1v) is 7.63. The molecule has 0 aromatic heterocycles. The second-order valence-electron chi connectivity index (χ2n) is 5.66. The standard InChI is InChI=1S/C17H25NO2/c1-3-10-17(19,11-4-2)12-16-18-15(13-20-16)14-8-6-5-7-9-14/h5-9,15,19H,3-4,10-13H2,1-2H3/t15-/m0/s1. The fourth-order valence-corrected chi connectivity index (χ4v) is 2.88. The molecule has 0 amide bonds. The number of ether oxygens (including phenoxy) is 1. The van der Waals surface area contributed by atoms with Crippen molar-refractivity contribution in [3.8, 4) is 0 Å². The van der Waals surface area contributed by atoms with Crippen molar-refractivity contribution < 1.29 is 9.84 Å². The van der Waals surface area contributed by atoms with Crippen LogP contribution in [0, 0.1) is 0 Å². The number of hydrogen-bond acceptors (Lipinski definition) is 3. The molecule has 20 heavy (non-hydrogen) atoms. The van der Waals surface area contributed by atoms with Gasteiger partial charge in [-0.25, -0.2) is 4.99 Å². The zero-order valence-corrected chi connectivity index (χ0v) is 12.5. The molecule has 3 heteroatoms. The Kier molecular flexibility index (Phi) is 5.18. The van der Waals surface area contributed by atoms with Crippen molar-refractivity contribution >= 4 is 5.90 Å². The SMILES string of the molecule is CCCC(O)(CCC)CC1=N[C@H](c2ccccc2)CO1. The first kappa shape index (κ1) is 15.0. The van der Waals surface area contributed by atoms with Crippen LogP contribution in [0.25, 0.3) is 0 Å². The largest absolute Gasteiger partial charge is 0.478 e. The van der Waals surface area contributed by atoms with Gasteiger partial charge in [0.05, 0.1) is 12.0 Å². The van der Waals surface area contributed by atoms with Gasteiger partial charge in [0.2, 0.25) is 0 Å². The number of aliphatic hydroxyl groups is 1. The van der Waals surface area contributed by atoms with E-state index in [4.69, 9.17) is 4.74 Å². The lowest BCUT2D eigenvalue weighted by Gasteiger charge is -2.26. The fraction of sp³-hybridized carbons (Fsp3) is 0.588. The maximum Gasteiger partial charge on any atom is 0.186 e. The van der Waals surface area contributed by atoms with Crippen LogP contribution < -0.4 is 0 Å². The molecule has 1 aliphatic rings. The summed E-state index contributed by atoms with van der Waals surface area (Å²) in [5, 5.41) is 10.7. The highest BCUT2D eigenvalue weighted by molar-refractivity contribution is 5.79. The van der Waals surface area contributed by atoms with Crippen molar-refractivity contribution in [1.82, 2.24) is 0 Å². The molecule has 1 atom stereocenters. The van der Waals surface area contributed by atoms with E-state index in [1.165, 1.54) is 5.56 Å². The summed E-state index contributed by atoms with van der Waals surface area (Å²) in [7, 11) is 0. The minimum absolute atomic E-state index is 0.0821. The lowest BCUT2D eigenvalue weighted by Crippen LogP contribution is -2.31. The molecular weight excluding hydrogens is 250 g/mol. The number of benzene rings is 1. The van der Waals surface area contributed by atoms with Crippen LogP contribution in [-0.4, -0.2) is 23.2 Å². The quantitative estimate of drug-likeness (QED) is 0.820. The molecule has 1 aromatic rings. The van der Waals surface area contributed by atoms with Gasteiger partial charge >= 0.3 is 0 Å². The van der Waals surface area contributed by atoms with E-state index in [0.717, 1.165) is 25.7 Å². The highest BCUT2D eigenvalue weighted by Crippen LogP contribution is 2.29. The predicted octanol–water partition coefficient (Wildman–Crippen LogP) is 3.88. The van der Waals surface area contributed by atoms with E-state index in [9.17, 15) is 5.11 Å². The Morgan fingerprint density at radius 2 is 1.85 bits per heavy atom. The molecule has 1 N–H and O–H groups in total. The van der Waals surface area contributed by atoms with Gasteiger partial charge < -0.3 is 9.84 Å². The lowest BCUT2D eigenvalue weighted by atomic mass is 9.89. The molecule has 1 aliphatic heterocycles. The number of nitrogens with zero attached hydrogens (tertiary/aromatic N) is 1. The molecule has 110 valence electrons. The molecule has 0 saturated heterocycles. The van der Waals surface area contributed by atoms with E-state index in [1.807, 2.05) is 18.2 Å². The Balaban J connectivity index is 2.03. The van der Waals surface area contributed by atoms with Crippen molar-refractivity contribution in [2.45, 2.75) is 57.6 Å². The van der Waals surface area contributed by atoms with Crippen molar-refractivity contribution in [2.24, 2.45) is 4.99 Å². The molecule has 1 aromatic carbocycles. The van der Waals surface area contributed by atoms with Crippen LogP contribution in [0.4, 0.5) is 0 Å². The van der Waals surface area contributed by atoms with Gasteiger partial charge in [-0.05, 0) is 18.4 Å². The molecule has 1 heterocycles. The van der Waals surface area contributed by atoms with E-state index in [-0.39, 0.29) is 6.04 Å². The molecular formula is C17H25NO2. The Morgan fingerprint density at radius 3 is 2.45 bits per heavy atom. The van der Waals surface area contributed by atoms with Crippen LogP contribution in [-0.2, 0) is 4.74 Å². The average Bonchev–Trinajstić information content (AvgIpc) is 2.88. The minimum Gasteiger partial charge on any atom is -0.478 e. The highest BCUT2D eigenvalue weighted by Gasteiger charge is 2.31. The summed E-state index contributed by atoms with van der Waals surface area (Å²) in [6, 6.07) is 10.3. The van der Waals surface area contributed by atoms with Crippen LogP contribution >= 0.6 is 0 Å². The Morgan fingerprint density at radius 1 is 1.20 bits per heavy atom. The number of hydrogen-bond donors (Lipinski definition) is 1. The van der Waals surface area contributed by atoms with E-state index >= 15 is 0 Å². The van der Waals surface area contributed by atoms with Crippen LogP contribution in [0.1, 0.15) is 57.6 Å². The second-order valence-corrected chi connectivity index (χ2v) is 5.66. The summed E-state index contributed by atoms with van der Waals surface area (Å²) in [5.74, 6) is 0.711. The predicted molar refractivity (Wildman–Crippen MR) is 82.0 cm³/mol. The lowest BCUT2D eigenvalue weighted by molar-refractivity contribution is 0.0241. The Bertz CT molecular complexity index is 436. The maximum absolute atomic E-state index is 10.7. The zero-order chi connectivity index (χ0) is 14.4. The van der Waals surface area contributed by atoms with Gasteiger partial charge in [-0.15, -0.1) is 0 Å². The Labute approximate surface area is 121 Å². The third-order valence-corrected chi connectivity index (χ3v) is 3.80. The van der Waals surface area contributed by atoms with Gasteiger partial charge in [0.1, 0.15) is 12.6 Å². The van der Waals surface area contributed by atoms with Crippen molar-refractivity contribution in [3.05, 3.63) is 35.9 Å². The molecule has 2 rings (SSSR count). The van der Waals surface area contributed by atoms with Crippen LogP contribution in [0.2, 0.25) is 0 Å². The van der Waals surface area contributed by atoms with E-state index in [2.05, 4.69) is 31.0 Å². The zero-order valence-electron chi connectivity index (χ0n) is 12.5. The summed E-state index contributed by atoms with van der Waals surface area (Å²) in [4.78, 5) is 4.64. The summed E-state index contributed by atoms with van der Waals surface area (Å²) in [5.41, 5.74) is 0.519. The summed E-state index contributed by atoms with van der Waals surface area (Å²) in [6.45, 7) is 4.79. The number of rotatable bonds is 7.